The Kier molecular flexibility index (Phi) is 7.47. The quantitative estimate of drug-likeness (QED) is 0.673. The fourth-order valence-electron chi connectivity index (χ4n) is 2.63. The van der Waals surface area contributed by atoms with Crippen LogP contribution in [-0.2, 0) is 19.6 Å². The van der Waals surface area contributed by atoms with Crippen LogP contribution in [0.25, 0.3) is 0 Å². The highest BCUT2D eigenvalue weighted by molar-refractivity contribution is 7.89. The van der Waals surface area contributed by atoms with E-state index >= 15 is 0 Å². The number of esters is 1. The molecule has 0 atom stereocenters. The van der Waals surface area contributed by atoms with Gasteiger partial charge in [-0.25, -0.2) is 8.42 Å². The summed E-state index contributed by atoms with van der Waals surface area (Å²) in [5.41, 5.74) is 0. The minimum atomic E-state index is -3.42. The van der Waals surface area contributed by atoms with Crippen LogP contribution < -0.4 is 0 Å². The second-order valence-electron chi connectivity index (χ2n) is 5.12. The first-order valence-electron chi connectivity index (χ1n) is 7.18. The van der Waals surface area contributed by atoms with Crippen LogP contribution in [0.15, 0.2) is 0 Å². The van der Waals surface area contributed by atoms with E-state index in [2.05, 4.69) is 4.74 Å². The van der Waals surface area contributed by atoms with Gasteiger partial charge < -0.3 is 9.84 Å². The van der Waals surface area contributed by atoms with Crippen LogP contribution in [0.4, 0.5) is 0 Å². The highest BCUT2D eigenvalue weighted by Gasteiger charge is 2.30. The van der Waals surface area contributed by atoms with E-state index in [0.29, 0.717) is 0 Å². The Labute approximate surface area is 121 Å². The molecular formula is C13H25NO5S. The van der Waals surface area contributed by atoms with E-state index in [4.69, 9.17) is 5.11 Å². The third-order valence-corrected chi connectivity index (χ3v) is 5.67. The lowest BCUT2D eigenvalue weighted by atomic mass is 9.95. The Morgan fingerprint density at radius 1 is 1.30 bits per heavy atom. The van der Waals surface area contributed by atoms with E-state index in [0.717, 1.165) is 32.1 Å². The summed E-state index contributed by atoms with van der Waals surface area (Å²) in [7, 11) is -2.13. The first-order chi connectivity index (χ1) is 9.51. The van der Waals surface area contributed by atoms with Gasteiger partial charge in [-0.2, -0.15) is 4.31 Å². The fraction of sp³-hybridized carbons (Fsp3) is 0.923. The lowest BCUT2D eigenvalue weighted by molar-refractivity contribution is -0.140. The van der Waals surface area contributed by atoms with Crippen molar-refractivity contribution >= 4 is 16.0 Å². The topological polar surface area (TPSA) is 83.9 Å². The number of carbonyl (C=O) groups excluding carboxylic acids is 1. The first kappa shape index (κ1) is 17.4. The zero-order valence-corrected chi connectivity index (χ0v) is 12.9. The average molecular weight is 307 g/mol. The molecule has 0 aliphatic heterocycles. The Morgan fingerprint density at radius 2 is 1.95 bits per heavy atom. The molecule has 20 heavy (non-hydrogen) atoms. The number of nitrogens with zero attached hydrogens (tertiary/aromatic N) is 1. The third kappa shape index (κ3) is 5.38. The minimum Gasteiger partial charge on any atom is -0.469 e. The molecule has 0 radical (unpaired) electrons. The molecule has 6 nitrogen and oxygen atoms in total. The van der Waals surface area contributed by atoms with E-state index in [1.165, 1.54) is 11.4 Å². The van der Waals surface area contributed by atoms with Gasteiger partial charge in [-0.1, -0.05) is 19.3 Å². The summed E-state index contributed by atoms with van der Waals surface area (Å²) in [6.07, 6.45) is 5.28. The van der Waals surface area contributed by atoms with E-state index in [9.17, 15) is 13.2 Å². The molecule has 0 saturated heterocycles. The highest BCUT2D eigenvalue weighted by atomic mass is 32.2. The van der Waals surface area contributed by atoms with Gasteiger partial charge in [0.25, 0.3) is 0 Å². The summed E-state index contributed by atoms with van der Waals surface area (Å²) in [5, 5.41) is 9.10. The minimum absolute atomic E-state index is 0.000901. The molecule has 0 aromatic carbocycles. The van der Waals surface area contributed by atoms with E-state index in [1.54, 1.807) is 0 Å². The van der Waals surface area contributed by atoms with Crippen LogP contribution >= 0.6 is 0 Å². The molecule has 0 amide bonds. The van der Waals surface area contributed by atoms with Gasteiger partial charge in [-0.05, 0) is 19.3 Å². The van der Waals surface area contributed by atoms with Crippen LogP contribution in [0.3, 0.4) is 0 Å². The number of aliphatic hydroxyl groups excluding tert-OH is 1. The number of aliphatic hydroxyl groups is 1. The van der Waals surface area contributed by atoms with E-state index in [-0.39, 0.29) is 37.8 Å². The van der Waals surface area contributed by atoms with Crippen LogP contribution in [0, 0.1) is 0 Å². The largest absolute Gasteiger partial charge is 0.469 e. The van der Waals surface area contributed by atoms with Crippen molar-refractivity contribution < 1.29 is 23.1 Å². The number of hydrogen-bond acceptors (Lipinski definition) is 5. The molecule has 1 saturated carbocycles. The van der Waals surface area contributed by atoms with Gasteiger partial charge >= 0.3 is 5.97 Å². The van der Waals surface area contributed by atoms with Crippen molar-refractivity contribution in [3.8, 4) is 0 Å². The van der Waals surface area contributed by atoms with E-state index in [1.807, 2.05) is 0 Å². The second kappa shape index (κ2) is 8.59. The normalized spacial score (nSPS) is 17.4. The van der Waals surface area contributed by atoms with Gasteiger partial charge in [0, 0.05) is 19.0 Å². The standard InChI is InChI=1S/C13H25NO5S/c1-19-13(16)8-5-11-20(17,18)14(9-10-15)12-6-3-2-4-7-12/h12,15H,2-11H2,1H3. The van der Waals surface area contributed by atoms with Gasteiger partial charge in [0.1, 0.15) is 0 Å². The van der Waals surface area contributed by atoms with Gasteiger partial charge in [-0.15, -0.1) is 0 Å². The maximum Gasteiger partial charge on any atom is 0.305 e. The Hall–Kier alpha value is -0.660. The van der Waals surface area contributed by atoms with Crippen LogP contribution in [0.1, 0.15) is 44.9 Å². The highest BCUT2D eigenvalue weighted by Crippen LogP contribution is 2.25. The second-order valence-corrected chi connectivity index (χ2v) is 7.16. The molecule has 118 valence electrons. The number of sulfonamides is 1. The first-order valence-corrected chi connectivity index (χ1v) is 8.79. The molecule has 1 aliphatic rings. The maximum absolute atomic E-state index is 12.4. The zero-order valence-electron chi connectivity index (χ0n) is 12.1. The van der Waals surface area contributed by atoms with Gasteiger partial charge in [0.15, 0.2) is 0 Å². The Bertz CT molecular complexity index is 390. The molecule has 0 heterocycles. The van der Waals surface area contributed by atoms with Gasteiger partial charge in [0.2, 0.25) is 10.0 Å². The summed E-state index contributed by atoms with van der Waals surface area (Å²) in [4.78, 5) is 11.0. The van der Waals surface area contributed by atoms with Crippen molar-refractivity contribution in [2.75, 3.05) is 26.0 Å². The number of rotatable bonds is 8. The molecule has 1 aliphatic carbocycles. The van der Waals surface area contributed by atoms with Crippen molar-refractivity contribution in [2.45, 2.75) is 51.0 Å². The number of hydrogen-bond donors (Lipinski definition) is 1. The van der Waals surface area contributed by atoms with Crippen LogP contribution in [0.2, 0.25) is 0 Å². The average Bonchev–Trinajstić information content (AvgIpc) is 2.45. The van der Waals surface area contributed by atoms with E-state index < -0.39 is 16.0 Å². The SMILES string of the molecule is COC(=O)CCCS(=O)(=O)N(CCO)C1CCCCC1. The monoisotopic (exact) mass is 307 g/mol. The van der Waals surface area contributed by atoms with Crippen molar-refractivity contribution in [3.05, 3.63) is 0 Å². The molecule has 0 spiro atoms. The zero-order chi connectivity index (χ0) is 15.0. The van der Waals surface area contributed by atoms with Crippen LogP contribution in [-0.4, -0.2) is 55.9 Å². The lowest BCUT2D eigenvalue weighted by Gasteiger charge is -2.33. The van der Waals surface area contributed by atoms with Crippen molar-refractivity contribution in [3.63, 3.8) is 0 Å². The molecule has 7 heteroatoms. The predicted molar refractivity (Wildman–Crippen MR) is 75.7 cm³/mol. The maximum atomic E-state index is 12.4. The molecule has 1 N–H and O–H groups in total. The number of methoxy groups -OCH3 is 1. The molecule has 0 aromatic rings. The van der Waals surface area contributed by atoms with Gasteiger partial charge in [-0.3, -0.25) is 4.79 Å². The summed E-state index contributed by atoms with van der Waals surface area (Å²) >= 11 is 0. The molecule has 0 aromatic heterocycles. The van der Waals surface area contributed by atoms with Crippen LogP contribution in [0.5, 0.6) is 0 Å². The molecular weight excluding hydrogens is 282 g/mol. The summed E-state index contributed by atoms with van der Waals surface area (Å²) in [5.74, 6) is -0.468. The number of carbonyl (C=O) groups is 1. The molecule has 0 unspecified atom stereocenters. The fourth-order valence-corrected chi connectivity index (χ4v) is 4.40. The number of ether oxygens (including phenoxy) is 1. The molecule has 1 rings (SSSR count). The molecule has 1 fully saturated rings. The third-order valence-electron chi connectivity index (χ3n) is 3.67. The smallest absolute Gasteiger partial charge is 0.305 e. The summed E-state index contributed by atoms with van der Waals surface area (Å²) < 4.78 is 30.6. The predicted octanol–water partition coefficient (Wildman–Crippen LogP) is 0.896. The van der Waals surface area contributed by atoms with Gasteiger partial charge in [0.05, 0.1) is 19.5 Å². The lowest BCUT2D eigenvalue weighted by Crippen LogP contribution is -2.44. The molecule has 0 bridgehead atoms. The summed E-state index contributed by atoms with van der Waals surface area (Å²) in [6.45, 7) is -0.0298. The van der Waals surface area contributed by atoms with Crippen molar-refractivity contribution in [1.82, 2.24) is 4.31 Å². The Morgan fingerprint density at radius 3 is 2.50 bits per heavy atom. The van der Waals surface area contributed by atoms with Crippen molar-refractivity contribution in [2.24, 2.45) is 0 Å². The summed E-state index contributed by atoms with van der Waals surface area (Å²) in [6, 6.07) is -0.000901. The van der Waals surface area contributed by atoms with Crippen molar-refractivity contribution in [1.29, 1.82) is 0 Å². The Balaban J connectivity index is 2.60.